The molecule has 33 rings (SSSR count). The zero-order chi connectivity index (χ0) is 40.6. The SMILES string of the molecule is COC(=O)C1NC(=S)C23c4c5c6c7c8c9c(c%10c%11c2c2c4c4c%12c5c5c6c6c8c8c%13c9c9c%10c%10c%11c%11c2c2c4c4c%12c%12c5c5c6c8c6c8c%13c9c9c%10c%10c%11c2c2c4c4c%12c5c6c5c8c9c%10c2c45)C713. The van der Waals surface area contributed by atoms with Crippen LogP contribution in [0.2, 0.25) is 0 Å². The Morgan fingerprint density at radius 3 is 0.647 bits per heavy atom. The number of carbonyl (C=O) groups is 1. The Kier molecular flexibility index (Phi) is 2.04. The summed E-state index contributed by atoms with van der Waals surface area (Å²) < 4.78 is 6.16. The highest BCUT2D eigenvalue weighted by molar-refractivity contribution is 7.80. The molecule has 28 aromatic rings. The fourth-order valence-corrected chi connectivity index (χ4v) is 25.4. The molecule has 0 saturated carbocycles. The summed E-state index contributed by atoms with van der Waals surface area (Å²) >= 11 is 7.25. The van der Waals surface area contributed by atoms with Crippen LogP contribution in [0.15, 0.2) is 0 Å². The second-order valence-electron chi connectivity index (χ2n) is 24.7. The summed E-state index contributed by atoms with van der Waals surface area (Å²) in [5, 5.41) is 87.7. The van der Waals surface area contributed by atoms with Crippen molar-refractivity contribution in [1.29, 1.82) is 0 Å². The van der Waals surface area contributed by atoms with E-state index in [1.54, 1.807) is 179 Å². The molecule has 4 heteroatoms. The van der Waals surface area contributed by atoms with Crippen LogP contribution in [0.3, 0.4) is 0 Å². The molecule has 1 heterocycles. The minimum atomic E-state index is -0.817. The lowest BCUT2D eigenvalue weighted by Gasteiger charge is -2.50. The van der Waals surface area contributed by atoms with Crippen LogP contribution in [0, 0.1) is 0 Å². The van der Waals surface area contributed by atoms with Gasteiger partial charge in [-0.25, -0.2) is 4.79 Å². The minimum absolute atomic E-state index is 0.179. The van der Waals surface area contributed by atoms with Crippen LogP contribution in [-0.4, -0.2) is 24.1 Å². The van der Waals surface area contributed by atoms with Crippen molar-refractivity contribution in [2.24, 2.45) is 0 Å². The van der Waals surface area contributed by atoms with Crippen molar-refractivity contribution in [3.05, 3.63) is 22.3 Å². The van der Waals surface area contributed by atoms with Gasteiger partial charge < -0.3 is 10.1 Å². The Bertz CT molecular complexity index is 7030. The standard InChI is InChI=1S/C64H5NO2S/c1-67-61(66)60-63-56-48-40-30-20-12-4-2-3-6-10-8(4)16-24-18(10)28-22-14(6)15-7(3)11-9-5(2)13(12)21-27-17(9)25-19(11)29-23(15)33-32(22)42-36(28)46-38(24)44(34(40)26(16)20)50(56)52(46)58-54(42)55-43(33)37(29)47-39(25)45-35(27)41(31(21)30)49(48)57(63)51(45)53(47)59(55)64(58,63)62(68)65-60/h60H,1H3,(H,65,68). The van der Waals surface area contributed by atoms with E-state index in [1.807, 2.05) is 0 Å². The molecule has 0 bridgehead atoms. The Balaban J connectivity index is 1.24. The molecule has 2 spiro atoms. The van der Waals surface area contributed by atoms with E-state index in [0.29, 0.717) is 0 Å². The third kappa shape index (κ3) is 1.25. The number of ether oxygens (including phenoxy) is 1. The van der Waals surface area contributed by atoms with Gasteiger partial charge in [0.15, 0.2) is 0 Å². The van der Waals surface area contributed by atoms with Crippen LogP contribution in [-0.2, 0) is 20.4 Å². The van der Waals surface area contributed by atoms with E-state index >= 15 is 4.79 Å². The number of carbonyl (C=O) groups excluding carboxylic acids is 1. The average Bonchev–Trinajstić information content (AvgIpc) is 4.28. The topological polar surface area (TPSA) is 38.3 Å². The van der Waals surface area contributed by atoms with Gasteiger partial charge in [-0.05, 0) is 313 Å². The number of thiocarbonyl (C=S) groups is 1. The number of esters is 1. The second kappa shape index (κ2) is 5.52. The largest absolute Gasteiger partial charge is 0.467 e. The third-order valence-electron chi connectivity index (χ3n) is 24.9. The van der Waals surface area contributed by atoms with Gasteiger partial charge in [-0.1, -0.05) is 12.2 Å². The molecule has 4 aliphatic carbocycles. The van der Waals surface area contributed by atoms with Gasteiger partial charge in [0.25, 0.3) is 0 Å². The summed E-state index contributed by atoms with van der Waals surface area (Å²) in [6.07, 6.45) is 0. The fourth-order valence-electron chi connectivity index (χ4n) is 24.9. The quantitative estimate of drug-likeness (QED) is 0.101. The molecule has 1 unspecified atom stereocenters. The van der Waals surface area contributed by atoms with Crippen LogP contribution >= 0.6 is 12.2 Å². The molecular weight excluding hydrogens is 847 g/mol. The lowest BCUT2D eigenvalue weighted by atomic mass is 9.48. The molecule has 284 valence electrons. The van der Waals surface area contributed by atoms with Crippen molar-refractivity contribution in [3.8, 4) is 0 Å². The Morgan fingerprint density at radius 2 is 0.471 bits per heavy atom. The van der Waals surface area contributed by atoms with E-state index in [-0.39, 0.29) is 5.97 Å². The molecular formula is C64H5NO2S. The van der Waals surface area contributed by atoms with Gasteiger partial charge in [0, 0.05) is 0 Å². The first kappa shape index (κ1) is 25.1. The highest BCUT2D eigenvalue weighted by Gasteiger charge is 2.78. The maximum absolute atomic E-state index is 15.5. The molecule has 0 amide bonds. The summed E-state index contributed by atoms with van der Waals surface area (Å²) in [6.45, 7) is 0. The highest BCUT2D eigenvalue weighted by atomic mass is 32.1. The number of nitrogens with one attached hydrogen (secondary N) is 1. The monoisotopic (exact) mass is 851 g/mol. The first-order valence-corrected chi connectivity index (χ1v) is 25.3. The Hall–Kier alpha value is -8.18. The second-order valence-corrected chi connectivity index (χ2v) is 25.1. The maximum Gasteiger partial charge on any atom is 0.329 e. The van der Waals surface area contributed by atoms with Crippen molar-refractivity contribution in [2.45, 2.75) is 16.9 Å². The molecule has 0 radical (unpaired) electrons. The van der Waals surface area contributed by atoms with Crippen molar-refractivity contribution in [3.63, 3.8) is 0 Å². The predicted molar refractivity (Wildman–Crippen MR) is 285 cm³/mol. The van der Waals surface area contributed by atoms with Crippen molar-refractivity contribution < 1.29 is 9.53 Å². The van der Waals surface area contributed by atoms with E-state index in [1.165, 1.54) is 141 Å². The van der Waals surface area contributed by atoms with Crippen molar-refractivity contribution >= 4 is 314 Å². The molecule has 1 fully saturated rings. The number of benzene rings is 18. The van der Waals surface area contributed by atoms with Crippen LogP contribution in [0.25, 0.3) is 291 Å². The van der Waals surface area contributed by atoms with E-state index in [0.717, 1.165) is 4.99 Å². The lowest BCUT2D eigenvalue weighted by Crippen LogP contribution is -2.57. The number of hydrogen-bond donors (Lipinski definition) is 1. The summed E-state index contributed by atoms with van der Waals surface area (Å²) in [5.74, 6) is -0.179. The summed E-state index contributed by atoms with van der Waals surface area (Å²) in [5.41, 5.74) is 4.17. The van der Waals surface area contributed by atoms with Gasteiger partial charge in [0.05, 0.1) is 22.9 Å². The van der Waals surface area contributed by atoms with E-state index in [4.69, 9.17) is 17.0 Å². The summed E-state index contributed by atoms with van der Waals surface area (Å²) in [7, 11) is 1.63. The van der Waals surface area contributed by atoms with Crippen LogP contribution in [0.5, 0.6) is 0 Å². The van der Waals surface area contributed by atoms with Gasteiger partial charge >= 0.3 is 5.97 Å². The number of rotatable bonds is 1. The number of hydrogen-bond acceptors (Lipinski definition) is 3. The molecule has 3 nitrogen and oxygen atoms in total. The molecule has 68 heavy (non-hydrogen) atoms. The molecule has 0 aromatic heterocycles. The predicted octanol–water partition coefficient (Wildman–Crippen LogP) is 15.8. The molecule has 1 saturated heterocycles. The first-order valence-electron chi connectivity index (χ1n) is 24.9. The zero-order valence-electron chi connectivity index (χ0n) is 34.3. The average molecular weight is 852 g/mol. The van der Waals surface area contributed by atoms with E-state index in [9.17, 15) is 0 Å². The van der Waals surface area contributed by atoms with E-state index < -0.39 is 16.9 Å². The van der Waals surface area contributed by atoms with Gasteiger partial charge in [0.1, 0.15) is 6.04 Å². The van der Waals surface area contributed by atoms with Crippen molar-refractivity contribution in [1.82, 2.24) is 5.32 Å². The first-order chi connectivity index (χ1) is 33.7. The van der Waals surface area contributed by atoms with Gasteiger partial charge in [-0.3, -0.25) is 0 Å². The molecule has 5 aliphatic rings. The molecule has 1 aliphatic heterocycles. The third-order valence-corrected chi connectivity index (χ3v) is 25.3. The van der Waals surface area contributed by atoms with Gasteiger partial charge in [-0.2, -0.15) is 0 Å². The fraction of sp³-hybridized carbons (Fsp3) is 0.0625. The van der Waals surface area contributed by atoms with Crippen LogP contribution in [0.1, 0.15) is 22.3 Å². The molecule has 1 N–H and O–H groups in total. The smallest absolute Gasteiger partial charge is 0.329 e. The summed E-state index contributed by atoms with van der Waals surface area (Å²) in [6, 6.07) is -0.671. The van der Waals surface area contributed by atoms with Gasteiger partial charge in [0.2, 0.25) is 0 Å². The normalized spacial score (nSPS) is 23.8. The lowest BCUT2D eigenvalue weighted by molar-refractivity contribution is -0.144. The summed E-state index contributed by atoms with van der Waals surface area (Å²) in [4.78, 5) is 16.4. The van der Waals surface area contributed by atoms with Crippen molar-refractivity contribution in [2.75, 3.05) is 7.11 Å². The highest BCUT2D eigenvalue weighted by Crippen LogP contribution is 2.85. The number of methoxy groups -OCH3 is 1. The Labute approximate surface area is 373 Å². The van der Waals surface area contributed by atoms with Crippen LogP contribution < -0.4 is 5.32 Å². The zero-order valence-corrected chi connectivity index (χ0v) is 35.1. The van der Waals surface area contributed by atoms with Crippen LogP contribution in [0.4, 0.5) is 0 Å². The minimum Gasteiger partial charge on any atom is -0.467 e. The maximum atomic E-state index is 15.5. The van der Waals surface area contributed by atoms with E-state index in [2.05, 4.69) is 5.32 Å². The molecule has 28 aromatic carbocycles. The van der Waals surface area contributed by atoms with Gasteiger partial charge in [-0.15, -0.1) is 0 Å². The molecule has 1 atom stereocenters. The Morgan fingerprint density at radius 1 is 0.309 bits per heavy atom.